The monoisotopic (exact) mass is 307 g/mol. The lowest BCUT2D eigenvalue weighted by atomic mass is 9.80. The van der Waals surface area contributed by atoms with E-state index in [0.29, 0.717) is 0 Å². The number of H-pyrrole nitrogens is 1. The molecular formula is C22H29N. The molecule has 0 saturated carbocycles. The molecule has 0 bridgehead atoms. The van der Waals surface area contributed by atoms with Crippen LogP contribution in [0.2, 0.25) is 0 Å². The van der Waals surface area contributed by atoms with E-state index in [2.05, 4.69) is 84.6 Å². The summed E-state index contributed by atoms with van der Waals surface area (Å²) in [5, 5.41) is 2.80. The molecule has 23 heavy (non-hydrogen) atoms. The molecule has 3 aromatic rings. The second kappa shape index (κ2) is 4.87. The number of aryl methyl sites for hydroxylation is 2. The SMILES string of the molecule is Cc1c(C(C)(C)C)ccc2[nH]c3ccc(C(C)(C)C)c(C)c3c12. The summed E-state index contributed by atoms with van der Waals surface area (Å²) < 4.78 is 0. The van der Waals surface area contributed by atoms with E-state index in [9.17, 15) is 0 Å². The molecular weight excluding hydrogens is 278 g/mol. The van der Waals surface area contributed by atoms with Crippen molar-refractivity contribution >= 4 is 21.8 Å². The lowest BCUT2D eigenvalue weighted by Crippen LogP contribution is -2.13. The highest BCUT2D eigenvalue weighted by Gasteiger charge is 2.22. The minimum atomic E-state index is 0.164. The third-order valence-electron chi connectivity index (χ3n) is 5.07. The van der Waals surface area contributed by atoms with Crippen molar-refractivity contribution in [3.8, 4) is 0 Å². The zero-order valence-corrected chi connectivity index (χ0v) is 15.8. The summed E-state index contributed by atoms with van der Waals surface area (Å²) in [4.78, 5) is 3.62. The van der Waals surface area contributed by atoms with E-state index in [4.69, 9.17) is 0 Å². The van der Waals surface area contributed by atoms with Crippen LogP contribution in [0.3, 0.4) is 0 Å². The maximum absolute atomic E-state index is 3.62. The Labute approximate surface area is 140 Å². The van der Waals surface area contributed by atoms with E-state index < -0.39 is 0 Å². The van der Waals surface area contributed by atoms with E-state index >= 15 is 0 Å². The second-order valence-electron chi connectivity index (χ2n) is 8.95. The Balaban J connectivity index is 2.48. The molecule has 3 rings (SSSR count). The van der Waals surface area contributed by atoms with Gasteiger partial charge in [-0.25, -0.2) is 0 Å². The Morgan fingerprint density at radius 1 is 0.609 bits per heavy atom. The molecule has 1 heterocycles. The smallest absolute Gasteiger partial charge is 0.0467 e. The molecule has 0 atom stereocenters. The fraction of sp³-hybridized carbons (Fsp3) is 0.455. The molecule has 0 aliphatic rings. The number of hydrogen-bond acceptors (Lipinski definition) is 0. The molecule has 2 aromatic carbocycles. The summed E-state index contributed by atoms with van der Waals surface area (Å²) in [7, 11) is 0. The highest BCUT2D eigenvalue weighted by Crippen LogP contribution is 2.39. The van der Waals surface area contributed by atoms with Crippen LogP contribution in [-0.2, 0) is 10.8 Å². The first-order valence-electron chi connectivity index (χ1n) is 8.57. The van der Waals surface area contributed by atoms with Gasteiger partial charge >= 0.3 is 0 Å². The molecule has 0 aliphatic heterocycles. The van der Waals surface area contributed by atoms with Crippen LogP contribution in [0.4, 0.5) is 0 Å². The van der Waals surface area contributed by atoms with Crippen molar-refractivity contribution in [3.63, 3.8) is 0 Å². The third kappa shape index (κ3) is 2.47. The average Bonchev–Trinajstić information content (AvgIpc) is 2.76. The molecule has 1 nitrogen and oxygen atoms in total. The summed E-state index contributed by atoms with van der Waals surface area (Å²) in [6.45, 7) is 18.3. The summed E-state index contributed by atoms with van der Waals surface area (Å²) >= 11 is 0. The van der Waals surface area contributed by atoms with Gasteiger partial charge in [-0.1, -0.05) is 53.7 Å². The van der Waals surface area contributed by atoms with Gasteiger partial charge in [-0.05, 0) is 59.1 Å². The van der Waals surface area contributed by atoms with Crippen molar-refractivity contribution in [1.82, 2.24) is 4.98 Å². The van der Waals surface area contributed by atoms with Crippen molar-refractivity contribution in [3.05, 3.63) is 46.5 Å². The second-order valence-corrected chi connectivity index (χ2v) is 8.95. The zero-order valence-electron chi connectivity index (χ0n) is 15.8. The minimum absolute atomic E-state index is 0.164. The van der Waals surface area contributed by atoms with Gasteiger partial charge in [0, 0.05) is 21.8 Å². The first-order valence-corrected chi connectivity index (χ1v) is 8.57. The number of fused-ring (bicyclic) bond motifs is 3. The van der Waals surface area contributed by atoms with Gasteiger partial charge in [0.15, 0.2) is 0 Å². The van der Waals surface area contributed by atoms with Crippen LogP contribution in [-0.4, -0.2) is 4.98 Å². The van der Waals surface area contributed by atoms with Crippen LogP contribution in [0.15, 0.2) is 24.3 Å². The molecule has 1 N–H and O–H groups in total. The largest absolute Gasteiger partial charge is 0.354 e. The summed E-state index contributed by atoms with van der Waals surface area (Å²) in [6, 6.07) is 9.07. The highest BCUT2D eigenvalue weighted by atomic mass is 14.7. The average molecular weight is 307 g/mol. The van der Waals surface area contributed by atoms with Crippen LogP contribution in [0, 0.1) is 13.8 Å². The van der Waals surface area contributed by atoms with E-state index in [-0.39, 0.29) is 10.8 Å². The Kier molecular flexibility index (Phi) is 3.41. The summed E-state index contributed by atoms with van der Waals surface area (Å²) in [5.41, 5.74) is 8.53. The van der Waals surface area contributed by atoms with Crippen LogP contribution < -0.4 is 0 Å². The lowest BCUT2D eigenvalue weighted by Gasteiger charge is -2.24. The zero-order chi connectivity index (χ0) is 17.2. The molecule has 0 saturated heterocycles. The molecule has 1 heteroatoms. The molecule has 122 valence electrons. The molecule has 0 unspecified atom stereocenters. The van der Waals surface area contributed by atoms with Crippen LogP contribution in [0.25, 0.3) is 21.8 Å². The predicted octanol–water partition coefficient (Wildman–Crippen LogP) is 6.53. The molecule has 0 amide bonds. The van der Waals surface area contributed by atoms with E-state index in [1.54, 1.807) is 0 Å². The maximum Gasteiger partial charge on any atom is 0.0467 e. The van der Waals surface area contributed by atoms with E-state index in [0.717, 1.165) is 0 Å². The Morgan fingerprint density at radius 3 is 1.26 bits per heavy atom. The van der Waals surface area contributed by atoms with E-state index in [1.807, 2.05) is 0 Å². The molecule has 0 spiro atoms. The number of aromatic amines is 1. The summed E-state index contributed by atoms with van der Waals surface area (Å²) in [6.07, 6.45) is 0. The van der Waals surface area contributed by atoms with Crippen LogP contribution in [0.1, 0.15) is 63.8 Å². The van der Waals surface area contributed by atoms with Gasteiger partial charge in [0.25, 0.3) is 0 Å². The normalized spacial score (nSPS) is 13.2. The maximum atomic E-state index is 3.62. The number of benzene rings is 2. The molecule has 0 aliphatic carbocycles. The first kappa shape index (κ1) is 16.1. The molecule has 0 fully saturated rings. The quantitative estimate of drug-likeness (QED) is 0.486. The minimum Gasteiger partial charge on any atom is -0.354 e. The number of nitrogens with one attached hydrogen (secondary N) is 1. The Hall–Kier alpha value is -1.76. The van der Waals surface area contributed by atoms with Crippen molar-refractivity contribution in [1.29, 1.82) is 0 Å². The molecule has 0 radical (unpaired) electrons. The predicted molar refractivity (Wildman–Crippen MR) is 103 cm³/mol. The van der Waals surface area contributed by atoms with Crippen molar-refractivity contribution in [2.24, 2.45) is 0 Å². The van der Waals surface area contributed by atoms with Gasteiger partial charge < -0.3 is 4.98 Å². The van der Waals surface area contributed by atoms with Gasteiger partial charge in [-0.15, -0.1) is 0 Å². The van der Waals surface area contributed by atoms with Crippen molar-refractivity contribution in [2.75, 3.05) is 0 Å². The van der Waals surface area contributed by atoms with Gasteiger partial charge in [0.05, 0.1) is 0 Å². The molecule has 1 aromatic heterocycles. The number of rotatable bonds is 0. The van der Waals surface area contributed by atoms with Gasteiger partial charge in [0.2, 0.25) is 0 Å². The van der Waals surface area contributed by atoms with Gasteiger partial charge in [0.1, 0.15) is 0 Å². The summed E-state index contributed by atoms with van der Waals surface area (Å²) in [5.74, 6) is 0. The lowest BCUT2D eigenvalue weighted by molar-refractivity contribution is 0.586. The van der Waals surface area contributed by atoms with Crippen LogP contribution in [0.5, 0.6) is 0 Å². The van der Waals surface area contributed by atoms with E-state index in [1.165, 1.54) is 44.1 Å². The fourth-order valence-corrected chi connectivity index (χ4v) is 4.05. The van der Waals surface area contributed by atoms with Gasteiger partial charge in [-0.2, -0.15) is 0 Å². The number of hydrogen-bond donors (Lipinski definition) is 1. The van der Waals surface area contributed by atoms with Crippen molar-refractivity contribution in [2.45, 2.75) is 66.2 Å². The number of aromatic nitrogens is 1. The van der Waals surface area contributed by atoms with Gasteiger partial charge in [-0.3, -0.25) is 0 Å². The topological polar surface area (TPSA) is 15.8 Å². The Morgan fingerprint density at radius 2 is 0.957 bits per heavy atom. The van der Waals surface area contributed by atoms with Crippen LogP contribution >= 0.6 is 0 Å². The van der Waals surface area contributed by atoms with Crippen molar-refractivity contribution < 1.29 is 0 Å². The third-order valence-corrected chi connectivity index (χ3v) is 5.07. The standard InChI is InChI=1S/C22H29N/c1-13-15(21(3,4)5)9-11-17-19(13)20-14(2)16(22(6,7)8)10-12-18(20)23-17/h9-12,23H,1-8H3. The fourth-order valence-electron chi connectivity index (χ4n) is 4.05. The highest BCUT2D eigenvalue weighted by molar-refractivity contribution is 6.11. The Bertz CT molecular complexity index is 821. The first-order chi connectivity index (χ1) is 10.5.